The van der Waals surface area contributed by atoms with Crippen molar-refractivity contribution >= 4 is 41.0 Å². The molecule has 0 N–H and O–H groups in total. The number of halogens is 2. The van der Waals surface area contributed by atoms with Crippen molar-refractivity contribution in [1.29, 1.82) is 0 Å². The number of likely N-dealkylation sites (tertiary alicyclic amines) is 1. The molecule has 3 heterocycles. The van der Waals surface area contributed by atoms with Gasteiger partial charge < -0.3 is 19.4 Å². The van der Waals surface area contributed by atoms with Gasteiger partial charge in [-0.2, -0.15) is 0 Å². The van der Waals surface area contributed by atoms with Gasteiger partial charge in [-0.1, -0.05) is 36.2 Å². The van der Waals surface area contributed by atoms with E-state index >= 15 is 0 Å². The normalized spacial score (nSPS) is 23.5. The molecule has 0 radical (unpaired) electrons. The molecule has 1 aliphatic carbocycles. The summed E-state index contributed by atoms with van der Waals surface area (Å²) >= 11 is 12.5. The first-order valence-corrected chi connectivity index (χ1v) is 14.1. The van der Waals surface area contributed by atoms with Gasteiger partial charge in [0.15, 0.2) is 0 Å². The van der Waals surface area contributed by atoms with Crippen molar-refractivity contribution in [2.75, 3.05) is 44.2 Å². The predicted molar refractivity (Wildman–Crippen MR) is 148 cm³/mol. The summed E-state index contributed by atoms with van der Waals surface area (Å²) in [5.74, 6) is 0.916. The summed E-state index contributed by atoms with van der Waals surface area (Å²) in [5.41, 5.74) is 2.69. The summed E-state index contributed by atoms with van der Waals surface area (Å²) in [4.78, 5) is 41.8. The summed E-state index contributed by atoms with van der Waals surface area (Å²) in [6.07, 6.45) is 3.35. The van der Waals surface area contributed by atoms with E-state index in [1.54, 1.807) is 17.3 Å². The maximum Gasteiger partial charge on any atom is 0.410 e. The van der Waals surface area contributed by atoms with Crippen LogP contribution in [0.1, 0.15) is 62.8 Å². The number of nitrogens with zero attached hydrogens (tertiary/aromatic N) is 5. The predicted octanol–water partition coefficient (Wildman–Crippen LogP) is 5.13. The van der Waals surface area contributed by atoms with Crippen molar-refractivity contribution < 1.29 is 14.3 Å². The van der Waals surface area contributed by atoms with Crippen LogP contribution >= 0.6 is 23.2 Å². The Balaban J connectivity index is 1.32. The topological polar surface area (TPSA) is 78.9 Å². The number of hydrogen-bond acceptors (Lipinski definition) is 6. The van der Waals surface area contributed by atoms with Crippen LogP contribution in [0.4, 0.5) is 10.6 Å². The van der Waals surface area contributed by atoms with E-state index in [9.17, 15) is 9.59 Å². The molecule has 5 rings (SSSR count). The van der Waals surface area contributed by atoms with Crippen molar-refractivity contribution in [2.45, 2.75) is 58.0 Å². The van der Waals surface area contributed by atoms with E-state index in [1.807, 2.05) is 37.8 Å². The number of aromatic nitrogens is 2. The maximum atomic E-state index is 13.9. The number of amides is 2. The lowest BCUT2D eigenvalue weighted by Crippen LogP contribution is -2.51. The molecule has 8 nitrogen and oxygen atoms in total. The molecule has 1 aromatic carbocycles. The molecule has 0 bridgehead atoms. The van der Waals surface area contributed by atoms with Crippen molar-refractivity contribution in [2.24, 2.45) is 5.92 Å². The highest BCUT2D eigenvalue weighted by Crippen LogP contribution is 2.39. The number of benzene rings is 1. The summed E-state index contributed by atoms with van der Waals surface area (Å²) in [6.45, 7) is 11.1. The molecule has 2 amide bonds. The van der Waals surface area contributed by atoms with Gasteiger partial charge in [-0.15, -0.1) is 0 Å². The maximum absolute atomic E-state index is 13.9. The SMILES string of the molecule is CC1CCc2ncnc(N3CCN(C(=O)C4CN(C(=O)OC(C)(C)C)CC4c4ccc(Cl)c(Cl)c4)CC3)c21. The Hall–Kier alpha value is -2.58. The molecule has 204 valence electrons. The molecule has 10 heteroatoms. The van der Waals surface area contributed by atoms with Crippen LogP contribution in [0.25, 0.3) is 0 Å². The van der Waals surface area contributed by atoms with E-state index in [0.29, 0.717) is 55.2 Å². The van der Waals surface area contributed by atoms with Crippen LogP contribution in [0.2, 0.25) is 10.0 Å². The molecule has 3 atom stereocenters. The molecule has 2 aliphatic heterocycles. The van der Waals surface area contributed by atoms with Gasteiger partial charge in [0.05, 0.1) is 16.0 Å². The molecule has 3 aliphatic rings. The zero-order chi connectivity index (χ0) is 27.2. The number of rotatable bonds is 3. The third kappa shape index (κ3) is 5.43. The van der Waals surface area contributed by atoms with Crippen LogP contribution in [0.15, 0.2) is 24.5 Å². The second-order valence-electron chi connectivity index (χ2n) is 11.6. The Morgan fingerprint density at radius 3 is 2.42 bits per heavy atom. The molecule has 0 spiro atoms. The fourth-order valence-electron chi connectivity index (χ4n) is 5.86. The molecule has 38 heavy (non-hydrogen) atoms. The van der Waals surface area contributed by atoms with Crippen LogP contribution in [0, 0.1) is 5.92 Å². The minimum Gasteiger partial charge on any atom is -0.444 e. The monoisotopic (exact) mass is 559 g/mol. The van der Waals surface area contributed by atoms with Gasteiger partial charge in [0.25, 0.3) is 0 Å². The van der Waals surface area contributed by atoms with Gasteiger partial charge >= 0.3 is 6.09 Å². The van der Waals surface area contributed by atoms with E-state index < -0.39 is 17.6 Å². The Labute approximate surface area is 234 Å². The molecule has 2 fully saturated rings. The molecule has 3 unspecified atom stereocenters. The van der Waals surface area contributed by atoms with E-state index in [2.05, 4.69) is 21.8 Å². The van der Waals surface area contributed by atoms with Crippen molar-refractivity contribution in [1.82, 2.24) is 19.8 Å². The average molecular weight is 561 g/mol. The zero-order valence-corrected chi connectivity index (χ0v) is 23.9. The van der Waals surface area contributed by atoms with Gasteiger partial charge in [-0.3, -0.25) is 4.79 Å². The fraction of sp³-hybridized carbons (Fsp3) is 0.571. The first-order chi connectivity index (χ1) is 18.0. The lowest BCUT2D eigenvalue weighted by atomic mass is 9.88. The Kier molecular flexibility index (Phi) is 7.48. The molecule has 0 saturated carbocycles. The average Bonchev–Trinajstić information content (AvgIpc) is 3.49. The van der Waals surface area contributed by atoms with E-state index in [4.69, 9.17) is 27.9 Å². The Morgan fingerprint density at radius 2 is 1.74 bits per heavy atom. The third-order valence-electron chi connectivity index (χ3n) is 7.80. The van der Waals surface area contributed by atoms with Crippen molar-refractivity contribution in [3.63, 3.8) is 0 Å². The van der Waals surface area contributed by atoms with Gasteiger partial charge in [-0.05, 0) is 57.2 Å². The number of carbonyl (C=O) groups is 2. The third-order valence-corrected chi connectivity index (χ3v) is 8.54. The fourth-order valence-corrected chi connectivity index (χ4v) is 6.17. The van der Waals surface area contributed by atoms with Gasteiger partial charge in [0, 0.05) is 56.4 Å². The summed E-state index contributed by atoms with van der Waals surface area (Å²) in [6, 6.07) is 5.45. The first kappa shape index (κ1) is 27.0. The van der Waals surface area contributed by atoms with E-state index in [0.717, 1.165) is 29.9 Å². The number of hydrogen-bond donors (Lipinski definition) is 0. The minimum absolute atomic E-state index is 0.0491. The molecular formula is C28H35Cl2N5O3. The quantitative estimate of drug-likeness (QED) is 0.518. The van der Waals surface area contributed by atoms with Gasteiger partial charge in [0.2, 0.25) is 5.91 Å². The van der Waals surface area contributed by atoms with Crippen LogP contribution in [-0.4, -0.2) is 76.6 Å². The van der Waals surface area contributed by atoms with Crippen molar-refractivity contribution in [3.05, 3.63) is 51.4 Å². The first-order valence-electron chi connectivity index (χ1n) is 13.3. The summed E-state index contributed by atoms with van der Waals surface area (Å²) in [7, 11) is 0. The highest BCUT2D eigenvalue weighted by atomic mass is 35.5. The number of fused-ring (bicyclic) bond motifs is 1. The van der Waals surface area contributed by atoms with Crippen LogP contribution in [-0.2, 0) is 16.0 Å². The van der Waals surface area contributed by atoms with Crippen LogP contribution < -0.4 is 4.90 Å². The summed E-state index contributed by atoms with van der Waals surface area (Å²) < 4.78 is 5.63. The number of ether oxygens (including phenoxy) is 1. The van der Waals surface area contributed by atoms with E-state index in [1.165, 1.54) is 5.56 Å². The standard InChI is InChI=1S/C28H35Cl2N5O3/c1-17-5-8-23-24(17)25(32-16-31-23)33-9-11-34(12-10-33)26(36)20-15-35(27(37)38-28(2,3)4)14-19(20)18-6-7-21(29)22(30)13-18/h6-7,13,16-17,19-20H,5,8-12,14-15H2,1-4H3. The number of carbonyl (C=O) groups excluding carboxylic acids is 2. The highest BCUT2D eigenvalue weighted by Gasteiger charge is 2.44. The molecule has 2 aromatic rings. The van der Waals surface area contributed by atoms with Crippen LogP contribution in [0.5, 0.6) is 0 Å². The minimum atomic E-state index is -0.618. The lowest BCUT2D eigenvalue weighted by molar-refractivity contribution is -0.135. The second kappa shape index (κ2) is 10.5. The number of aryl methyl sites for hydroxylation is 1. The van der Waals surface area contributed by atoms with E-state index in [-0.39, 0.29) is 11.8 Å². The second-order valence-corrected chi connectivity index (χ2v) is 12.4. The smallest absolute Gasteiger partial charge is 0.410 e. The zero-order valence-electron chi connectivity index (χ0n) is 22.4. The molecule has 2 saturated heterocycles. The Bertz CT molecular complexity index is 1230. The van der Waals surface area contributed by atoms with Gasteiger partial charge in [-0.25, -0.2) is 14.8 Å². The highest BCUT2D eigenvalue weighted by molar-refractivity contribution is 6.42. The number of anilines is 1. The Morgan fingerprint density at radius 1 is 1.00 bits per heavy atom. The summed E-state index contributed by atoms with van der Waals surface area (Å²) in [5, 5.41) is 0.897. The number of piperazine rings is 1. The van der Waals surface area contributed by atoms with Crippen LogP contribution in [0.3, 0.4) is 0 Å². The van der Waals surface area contributed by atoms with Gasteiger partial charge in [0.1, 0.15) is 17.7 Å². The lowest BCUT2D eigenvalue weighted by Gasteiger charge is -2.38. The largest absolute Gasteiger partial charge is 0.444 e. The van der Waals surface area contributed by atoms with Crippen molar-refractivity contribution in [3.8, 4) is 0 Å². The molecular weight excluding hydrogens is 525 g/mol. The molecule has 1 aromatic heterocycles.